The van der Waals surface area contributed by atoms with Crippen LogP contribution in [0.1, 0.15) is 44.7 Å². The van der Waals surface area contributed by atoms with Crippen LogP contribution < -0.4 is 5.32 Å². The van der Waals surface area contributed by atoms with Gasteiger partial charge in [0.1, 0.15) is 5.75 Å². The Hall–Kier alpha value is -1.02. The lowest BCUT2D eigenvalue weighted by molar-refractivity contribution is 0.378. The van der Waals surface area contributed by atoms with Crippen molar-refractivity contribution in [3.05, 3.63) is 29.8 Å². The summed E-state index contributed by atoms with van der Waals surface area (Å²) in [7, 11) is 0. The topological polar surface area (TPSA) is 32.3 Å². The molecule has 1 aromatic carbocycles. The van der Waals surface area contributed by atoms with Gasteiger partial charge in [0.2, 0.25) is 0 Å². The number of rotatable bonds is 3. The first-order chi connectivity index (χ1) is 7.68. The first-order valence-corrected chi connectivity index (χ1v) is 6.22. The van der Waals surface area contributed by atoms with Crippen molar-refractivity contribution < 1.29 is 5.11 Å². The molecule has 0 heterocycles. The van der Waals surface area contributed by atoms with E-state index in [9.17, 15) is 5.11 Å². The van der Waals surface area contributed by atoms with E-state index in [1.165, 1.54) is 19.3 Å². The van der Waals surface area contributed by atoms with Crippen LogP contribution in [0, 0.1) is 5.92 Å². The molecule has 2 N–H and O–H groups in total. The van der Waals surface area contributed by atoms with E-state index < -0.39 is 0 Å². The summed E-state index contributed by atoms with van der Waals surface area (Å²) < 4.78 is 0. The minimum Gasteiger partial charge on any atom is -0.508 e. The van der Waals surface area contributed by atoms with Crippen molar-refractivity contribution in [3.8, 4) is 5.75 Å². The monoisotopic (exact) mass is 219 g/mol. The standard InChI is InChI=1S/C14H21NO/c1-10-6-5-8-13(10)15-11(2)12-7-3-4-9-14(12)16/h3-4,7,9-11,13,15-16H,5-6,8H2,1-2H3. The maximum absolute atomic E-state index is 9.78. The zero-order valence-corrected chi connectivity index (χ0v) is 10.1. The minimum absolute atomic E-state index is 0.228. The lowest BCUT2D eigenvalue weighted by Crippen LogP contribution is -2.33. The number of nitrogens with one attached hydrogen (secondary N) is 1. The number of aromatic hydroxyl groups is 1. The van der Waals surface area contributed by atoms with E-state index in [0.29, 0.717) is 11.8 Å². The summed E-state index contributed by atoms with van der Waals surface area (Å²) in [5, 5.41) is 13.4. The van der Waals surface area contributed by atoms with Crippen LogP contribution in [0.15, 0.2) is 24.3 Å². The molecule has 1 fully saturated rings. The Kier molecular flexibility index (Phi) is 3.49. The average molecular weight is 219 g/mol. The van der Waals surface area contributed by atoms with Crippen molar-refractivity contribution in [3.63, 3.8) is 0 Å². The van der Waals surface area contributed by atoms with Gasteiger partial charge in [0, 0.05) is 17.6 Å². The number of benzene rings is 1. The summed E-state index contributed by atoms with van der Waals surface area (Å²) >= 11 is 0. The normalized spacial score (nSPS) is 26.9. The van der Waals surface area contributed by atoms with E-state index in [4.69, 9.17) is 0 Å². The fraction of sp³-hybridized carbons (Fsp3) is 0.571. The molecule has 2 heteroatoms. The van der Waals surface area contributed by atoms with E-state index in [1.54, 1.807) is 6.07 Å². The molecule has 88 valence electrons. The molecular weight excluding hydrogens is 198 g/mol. The third-order valence-electron chi connectivity index (χ3n) is 3.73. The van der Waals surface area contributed by atoms with Gasteiger partial charge < -0.3 is 10.4 Å². The Labute approximate surface area is 97.7 Å². The highest BCUT2D eigenvalue weighted by atomic mass is 16.3. The van der Waals surface area contributed by atoms with Gasteiger partial charge >= 0.3 is 0 Å². The van der Waals surface area contributed by atoms with Gasteiger partial charge in [-0.1, -0.05) is 31.5 Å². The Morgan fingerprint density at radius 3 is 2.69 bits per heavy atom. The third-order valence-corrected chi connectivity index (χ3v) is 3.73. The zero-order valence-electron chi connectivity index (χ0n) is 10.1. The summed E-state index contributed by atoms with van der Waals surface area (Å²) in [6, 6.07) is 8.43. The van der Waals surface area contributed by atoms with Crippen molar-refractivity contribution in [1.29, 1.82) is 0 Å². The van der Waals surface area contributed by atoms with Gasteiger partial charge in [-0.25, -0.2) is 0 Å². The molecule has 1 aromatic rings. The smallest absolute Gasteiger partial charge is 0.120 e. The Bertz CT molecular complexity index is 350. The van der Waals surface area contributed by atoms with Crippen LogP contribution in [0.5, 0.6) is 5.75 Å². The number of hydrogen-bond donors (Lipinski definition) is 2. The molecule has 16 heavy (non-hydrogen) atoms. The fourth-order valence-electron chi connectivity index (χ4n) is 2.66. The zero-order chi connectivity index (χ0) is 11.5. The van der Waals surface area contributed by atoms with Gasteiger partial charge in [-0.2, -0.15) is 0 Å². The highest BCUT2D eigenvalue weighted by Crippen LogP contribution is 2.29. The van der Waals surface area contributed by atoms with E-state index in [2.05, 4.69) is 19.2 Å². The summed E-state index contributed by atoms with van der Waals surface area (Å²) in [6.45, 7) is 4.43. The molecule has 0 radical (unpaired) electrons. The molecule has 0 aliphatic heterocycles. The van der Waals surface area contributed by atoms with Crippen molar-refractivity contribution in [2.45, 2.75) is 45.2 Å². The molecule has 2 nitrogen and oxygen atoms in total. The summed E-state index contributed by atoms with van der Waals surface area (Å²) in [5.41, 5.74) is 1.00. The molecule has 0 aromatic heterocycles. The molecule has 0 spiro atoms. The van der Waals surface area contributed by atoms with Crippen molar-refractivity contribution in [2.24, 2.45) is 5.92 Å². The first-order valence-electron chi connectivity index (χ1n) is 6.22. The van der Waals surface area contributed by atoms with E-state index >= 15 is 0 Å². The van der Waals surface area contributed by atoms with Crippen molar-refractivity contribution in [2.75, 3.05) is 0 Å². The second-order valence-corrected chi connectivity index (χ2v) is 4.96. The Morgan fingerprint density at radius 1 is 1.31 bits per heavy atom. The molecular formula is C14H21NO. The second kappa shape index (κ2) is 4.88. The maximum Gasteiger partial charge on any atom is 0.120 e. The molecule has 1 saturated carbocycles. The molecule has 2 rings (SSSR count). The summed E-state index contributed by atoms with van der Waals surface area (Å²) in [5.74, 6) is 1.15. The van der Waals surface area contributed by atoms with E-state index in [0.717, 1.165) is 11.5 Å². The van der Waals surface area contributed by atoms with Gasteiger partial charge in [0.15, 0.2) is 0 Å². The van der Waals surface area contributed by atoms with Gasteiger partial charge in [-0.3, -0.25) is 0 Å². The predicted molar refractivity (Wildman–Crippen MR) is 66.5 cm³/mol. The molecule has 3 unspecified atom stereocenters. The van der Waals surface area contributed by atoms with Crippen molar-refractivity contribution in [1.82, 2.24) is 5.32 Å². The highest BCUT2D eigenvalue weighted by Gasteiger charge is 2.25. The molecule has 3 atom stereocenters. The van der Waals surface area contributed by atoms with Gasteiger partial charge in [-0.05, 0) is 31.7 Å². The second-order valence-electron chi connectivity index (χ2n) is 4.96. The van der Waals surface area contributed by atoms with Crippen LogP contribution in [0.25, 0.3) is 0 Å². The SMILES string of the molecule is CC(NC1CCCC1C)c1ccccc1O. The van der Waals surface area contributed by atoms with Crippen LogP contribution in [0.2, 0.25) is 0 Å². The van der Waals surface area contributed by atoms with Gasteiger partial charge in [0.25, 0.3) is 0 Å². The number of hydrogen-bond acceptors (Lipinski definition) is 2. The quantitative estimate of drug-likeness (QED) is 0.818. The molecule has 1 aliphatic carbocycles. The molecule has 0 amide bonds. The first kappa shape index (κ1) is 11.5. The highest BCUT2D eigenvalue weighted by molar-refractivity contribution is 5.34. The third kappa shape index (κ3) is 2.38. The molecule has 0 bridgehead atoms. The summed E-state index contributed by atoms with van der Waals surface area (Å²) in [4.78, 5) is 0. The van der Waals surface area contributed by atoms with Crippen molar-refractivity contribution >= 4 is 0 Å². The van der Waals surface area contributed by atoms with Crippen LogP contribution in [-0.4, -0.2) is 11.1 Å². The van der Waals surface area contributed by atoms with E-state index in [-0.39, 0.29) is 6.04 Å². The number of phenolic OH excluding ortho intramolecular Hbond substituents is 1. The number of para-hydroxylation sites is 1. The number of phenols is 1. The predicted octanol–water partition coefficient (Wildman–Crippen LogP) is 3.23. The minimum atomic E-state index is 0.228. The van der Waals surface area contributed by atoms with E-state index in [1.807, 2.05) is 18.2 Å². The Morgan fingerprint density at radius 2 is 2.06 bits per heavy atom. The van der Waals surface area contributed by atoms with Gasteiger partial charge in [0.05, 0.1) is 0 Å². The van der Waals surface area contributed by atoms with Crippen LogP contribution in [-0.2, 0) is 0 Å². The van der Waals surface area contributed by atoms with Crippen LogP contribution >= 0.6 is 0 Å². The van der Waals surface area contributed by atoms with Crippen LogP contribution in [0.3, 0.4) is 0 Å². The summed E-state index contributed by atoms with van der Waals surface area (Å²) in [6.07, 6.45) is 3.91. The lowest BCUT2D eigenvalue weighted by Gasteiger charge is -2.23. The van der Waals surface area contributed by atoms with Crippen LogP contribution in [0.4, 0.5) is 0 Å². The largest absolute Gasteiger partial charge is 0.508 e. The Balaban J connectivity index is 2.03. The lowest BCUT2D eigenvalue weighted by atomic mass is 10.0. The average Bonchev–Trinajstić information content (AvgIpc) is 2.65. The fourth-order valence-corrected chi connectivity index (χ4v) is 2.66. The van der Waals surface area contributed by atoms with Gasteiger partial charge in [-0.15, -0.1) is 0 Å². The molecule has 1 aliphatic rings. The molecule has 0 saturated heterocycles. The maximum atomic E-state index is 9.78.